The lowest BCUT2D eigenvalue weighted by atomic mass is 10.1. The summed E-state index contributed by atoms with van der Waals surface area (Å²) in [4.78, 5) is 36.7. The maximum absolute atomic E-state index is 13.1. The van der Waals surface area contributed by atoms with E-state index in [1.807, 2.05) is 19.9 Å². The van der Waals surface area contributed by atoms with Crippen LogP contribution < -0.4 is 15.4 Å². The average Bonchev–Trinajstić information content (AvgIpc) is 2.77. The minimum Gasteiger partial charge on any atom is -0.497 e. The number of anilines is 1. The number of nitro benzene ring substituents is 1. The highest BCUT2D eigenvalue weighted by atomic mass is 35.5. The van der Waals surface area contributed by atoms with Crippen LogP contribution in [0.2, 0.25) is 5.02 Å². The van der Waals surface area contributed by atoms with Crippen molar-refractivity contribution < 1.29 is 19.2 Å². The normalized spacial score (nSPS) is 11.0. The second-order valence-corrected chi connectivity index (χ2v) is 7.95. The highest BCUT2D eigenvalue weighted by Gasteiger charge is 2.18. The molecule has 0 saturated carbocycles. The van der Waals surface area contributed by atoms with Gasteiger partial charge in [0, 0.05) is 17.8 Å². The Morgan fingerprint density at radius 3 is 2.35 bits per heavy atom. The number of hydrogen-bond donors (Lipinski definition) is 2. The molecular formula is C25H22ClN3O5. The minimum absolute atomic E-state index is 0.114. The fourth-order valence-electron chi connectivity index (χ4n) is 3.30. The Morgan fingerprint density at radius 2 is 1.74 bits per heavy atom. The lowest BCUT2D eigenvalue weighted by Gasteiger charge is -2.13. The Bertz CT molecular complexity index is 1280. The molecule has 3 rings (SSSR count). The molecular weight excluding hydrogens is 458 g/mol. The number of aryl methyl sites for hydroxylation is 2. The number of nitrogens with one attached hydrogen (secondary N) is 2. The number of nitrogens with zero attached hydrogens (tertiary/aromatic N) is 1. The number of amides is 2. The van der Waals surface area contributed by atoms with Crippen LogP contribution in [-0.2, 0) is 4.79 Å². The van der Waals surface area contributed by atoms with Crippen molar-refractivity contribution in [2.24, 2.45) is 0 Å². The van der Waals surface area contributed by atoms with E-state index in [-0.39, 0.29) is 22.0 Å². The topological polar surface area (TPSA) is 111 Å². The van der Waals surface area contributed by atoms with Crippen molar-refractivity contribution in [2.75, 3.05) is 12.4 Å². The van der Waals surface area contributed by atoms with Gasteiger partial charge in [-0.1, -0.05) is 29.8 Å². The molecule has 2 amide bonds. The van der Waals surface area contributed by atoms with Gasteiger partial charge in [0.1, 0.15) is 11.4 Å². The zero-order chi connectivity index (χ0) is 24.8. The summed E-state index contributed by atoms with van der Waals surface area (Å²) in [6, 6.07) is 15.8. The molecule has 174 valence electrons. The first-order chi connectivity index (χ1) is 16.2. The van der Waals surface area contributed by atoms with Crippen LogP contribution in [0.3, 0.4) is 0 Å². The molecule has 0 aliphatic carbocycles. The number of halogens is 1. The zero-order valence-electron chi connectivity index (χ0n) is 18.7. The number of carbonyl (C=O) groups is 2. The van der Waals surface area contributed by atoms with Gasteiger partial charge in [-0.2, -0.15) is 0 Å². The van der Waals surface area contributed by atoms with Crippen molar-refractivity contribution in [3.05, 3.63) is 104 Å². The van der Waals surface area contributed by atoms with Gasteiger partial charge in [0.2, 0.25) is 0 Å². The molecule has 3 aromatic rings. The first kappa shape index (κ1) is 24.5. The van der Waals surface area contributed by atoms with Crippen LogP contribution in [0.25, 0.3) is 6.08 Å². The number of rotatable bonds is 7. The van der Waals surface area contributed by atoms with Crippen LogP contribution in [0.15, 0.2) is 66.4 Å². The summed E-state index contributed by atoms with van der Waals surface area (Å²) in [5.74, 6) is -0.754. The van der Waals surface area contributed by atoms with Gasteiger partial charge in [0.25, 0.3) is 17.5 Å². The van der Waals surface area contributed by atoms with Crippen LogP contribution in [0.5, 0.6) is 5.75 Å². The largest absolute Gasteiger partial charge is 0.497 e. The number of methoxy groups -OCH3 is 1. The summed E-state index contributed by atoms with van der Waals surface area (Å²) in [6.07, 6.45) is 1.36. The third-order valence-corrected chi connectivity index (χ3v) is 5.10. The number of nitro groups is 1. The van der Waals surface area contributed by atoms with Gasteiger partial charge in [-0.15, -0.1) is 0 Å². The van der Waals surface area contributed by atoms with Crippen molar-refractivity contribution in [1.82, 2.24) is 5.32 Å². The van der Waals surface area contributed by atoms with E-state index in [0.29, 0.717) is 17.0 Å². The van der Waals surface area contributed by atoms with Crippen molar-refractivity contribution in [1.29, 1.82) is 0 Å². The first-order valence-corrected chi connectivity index (χ1v) is 10.5. The Hall–Kier alpha value is -4.17. The predicted molar refractivity (Wildman–Crippen MR) is 131 cm³/mol. The van der Waals surface area contributed by atoms with Crippen LogP contribution >= 0.6 is 11.6 Å². The molecule has 0 spiro atoms. The van der Waals surface area contributed by atoms with E-state index in [2.05, 4.69) is 10.6 Å². The molecule has 0 radical (unpaired) electrons. The SMILES string of the molecule is COc1ccc(C(=O)NC(=Cc2cccc([N+](=O)[O-])c2)C(=O)Nc2cc(C)cc(C)c2)c(Cl)c1. The Labute approximate surface area is 201 Å². The molecule has 0 unspecified atom stereocenters. The van der Waals surface area contributed by atoms with E-state index in [9.17, 15) is 19.7 Å². The lowest BCUT2D eigenvalue weighted by Crippen LogP contribution is -2.31. The summed E-state index contributed by atoms with van der Waals surface area (Å²) in [6.45, 7) is 3.80. The summed E-state index contributed by atoms with van der Waals surface area (Å²) >= 11 is 6.21. The summed E-state index contributed by atoms with van der Waals surface area (Å²) in [7, 11) is 1.47. The number of ether oxygens (including phenoxy) is 1. The molecule has 0 atom stereocenters. The molecule has 0 bridgehead atoms. The van der Waals surface area contributed by atoms with Gasteiger partial charge in [-0.25, -0.2) is 0 Å². The van der Waals surface area contributed by atoms with E-state index in [1.54, 1.807) is 24.3 Å². The van der Waals surface area contributed by atoms with Gasteiger partial charge in [0.05, 0.1) is 22.6 Å². The van der Waals surface area contributed by atoms with Gasteiger partial charge in [0.15, 0.2) is 0 Å². The van der Waals surface area contributed by atoms with Gasteiger partial charge in [-0.3, -0.25) is 19.7 Å². The molecule has 9 heteroatoms. The summed E-state index contributed by atoms with van der Waals surface area (Å²) < 4.78 is 5.10. The Kier molecular flexibility index (Phi) is 7.65. The minimum atomic E-state index is -0.625. The van der Waals surface area contributed by atoms with Crippen molar-refractivity contribution in [3.63, 3.8) is 0 Å². The van der Waals surface area contributed by atoms with E-state index in [1.165, 1.54) is 43.5 Å². The van der Waals surface area contributed by atoms with Crippen LogP contribution in [0.1, 0.15) is 27.0 Å². The summed E-state index contributed by atoms with van der Waals surface area (Å²) in [5, 5.41) is 16.6. The zero-order valence-corrected chi connectivity index (χ0v) is 19.5. The summed E-state index contributed by atoms with van der Waals surface area (Å²) in [5.41, 5.74) is 2.68. The standard InChI is InChI=1S/C25H22ClN3O5/c1-15-9-16(2)11-18(10-15)27-25(31)23(13-17-5-4-6-19(12-17)29(32)33)28-24(30)21-8-7-20(34-3)14-22(21)26/h4-14H,1-3H3,(H,27,31)(H,28,30). The lowest BCUT2D eigenvalue weighted by molar-refractivity contribution is -0.384. The second-order valence-electron chi connectivity index (χ2n) is 7.54. The Morgan fingerprint density at radius 1 is 1.03 bits per heavy atom. The highest BCUT2D eigenvalue weighted by molar-refractivity contribution is 6.34. The monoisotopic (exact) mass is 479 g/mol. The van der Waals surface area contributed by atoms with Crippen LogP contribution in [0.4, 0.5) is 11.4 Å². The third-order valence-electron chi connectivity index (χ3n) is 4.79. The molecule has 0 heterocycles. The molecule has 0 fully saturated rings. The van der Waals surface area contributed by atoms with Gasteiger partial charge in [-0.05, 0) is 66.9 Å². The third kappa shape index (κ3) is 6.20. The fraction of sp³-hybridized carbons (Fsp3) is 0.120. The number of benzene rings is 3. The maximum atomic E-state index is 13.1. The van der Waals surface area contributed by atoms with E-state index < -0.39 is 16.7 Å². The maximum Gasteiger partial charge on any atom is 0.272 e. The number of carbonyl (C=O) groups excluding carboxylic acids is 2. The van der Waals surface area contributed by atoms with Gasteiger partial charge < -0.3 is 15.4 Å². The van der Waals surface area contributed by atoms with Crippen LogP contribution in [-0.4, -0.2) is 23.8 Å². The first-order valence-electron chi connectivity index (χ1n) is 10.2. The molecule has 0 aliphatic rings. The molecule has 8 nitrogen and oxygen atoms in total. The molecule has 0 aromatic heterocycles. The Balaban J connectivity index is 1.97. The smallest absolute Gasteiger partial charge is 0.272 e. The second kappa shape index (κ2) is 10.6. The molecule has 3 aromatic carbocycles. The molecule has 0 aliphatic heterocycles. The number of hydrogen-bond acceptors (Lipinski definition) is 5. The highest BCUT2D eigenvalue weighted by Crippen LogP contribution is 2.23. The van der Waals surface area contributed by atoms with Crippen molar-refractivity contribution in [2.45, 2.75) is 13.8 Å². The van der Waals surface area contributed by atoms with Crippen molar-refractivity contribution in [3.8, 4) is 5.75 Å². The fourth-order valence-corrected chi connectivity index (χ4v) is 3.55. The van der Waals surface area contributed by atoms with Crippen LogP contribution in [0, 0.1) is 24.0 Å². The number of non-ortho nitro benzene ring substituents is 1. The van der Waals surface area contributed by atoms with E-state index in [0.717, 1.165) is 11.1 Å². The van der Waals surface area contributed by atoms with E-state index >= 15 is 0 Å². The molecule has 34 heavy (non-hydrogen) atoms. The average molecular weight is 480 g/mol. The predicted octanol–water partition coefficient (Wildman–Crippen LogP) is 5.28. The van der Waals surface area contributed by atoms with Gasteiger partial charge >= 0.3 is 0 Å². The molecule has 2 N–H and O–H groups in total. The quantitative estimate of drug-likeness (QED) is 0.272. The van der Waals surface area contributed by atoms with Crippen molar-refractivity contribution >= 4 is 40.9 Å². The molecule has 0 saturated heterocycles. The van der Waals surface area contributed by atoms with E-state index in [4.69, 9.17) is 16.3 Å².